The van der Waals surface area contributed by atoms with E-state index in [1.807, 2.05) is 31.2 Å². The van der Waals surface area contributed by atoms with E-state index < -0.39 is 0 Å². The quantitative estimate of drug-likeness (QED) is 0.581. The van der Waals surface area contributed by atoms with Crippen LogP contribution in [0.15, 0.2) is 54.7 Å². The van der Waals surface area contributed by atoms with Gasteiger partial charge in [0, 0.05) is 6.20 Å². The molecule has 0 unspecified atom stereocenters. The lowest BCUT2D eigenvalue weighted by Gasteiger charge is -2.13. The van der Waals surface area contributed by atoms with Gasteiger partial charge in [-0.1, -0.05) is 41.4 Å². The third kappa shape index (κ3) is 4.32. The lowest BCUT2D eigenvalue weighted by Crippen LogP contribution is -2.02. The summed E-state index contributed by atoms with van der Waals surface area (Å²) < 4.78 is 5.60. The van der Waals surface area contributed by atoms with Crippen LogP contribution in [0.25, 0.3) is 0 Å². The first kappa shape index (κ1) is 17.3. The molecule has 1 heterocycles. The highest BCUT2D eigenvalue weighted by molar-refractivity contribution is 6.39. The van der Waals surface area contributed by atoms with Gasteiger partial charge < -0.3 is 15.4 Å². The van der Waals surface area contributed by atoms with Crippen LogP contribution in [0.4, 0.5) is 23.1 Å². The zero-order valence-corrected chi connectivity index (χ0v) is 15.0. The number of rotatable bonds is 6. The molecular weight excluding hydrogens is 359 g/mol. The fourth-order valence-corrected chi connectivity index (χ4v) is 2.70. The first-order valence-corrected chi connectivity index (χ1v) is 8.46. The first-order valence-electron chi connectivity index (χ1n) is 7.70. The third-order valence-electron chi connectivity index (χ3n) is 3.30. The molecule has 0 atom stereocenters. The molecule has 3 aromatic rings. The van der Waals surface area contributed by atoms with Gasteiger partial charge in [-0.25, -0.2) is 4.98 Å². The van der Waals surface area contributed by atoms with E-state index in [-0.39, 0.29) is 0 Å². The summed E-state index contributed by atoms with van der Waals surface area (Å²) in [5.74, 6) is 1.74. The molecule has 1 aromatic heterocycles. The summed E-state index contributed by atoms with van der Waals surface area (Å²) in [5.41, 5.74) is 1.39. The van der Waals surface area contributed by atoms with Crippen molar-refractivity contribution in [2.75, 3.05) is 17.2 Å². The zero-order chi connectivity index (χ0) is 17.6. The van der Waals surface area contributed by atoms with Gasteiger partial charge in [-0.05, 0) is 37.3 Å². The second-order valence-corrected chi connectivity index (χ2v) is 5.86. The van der Waals surface area contributed by atoms with E-state index in [0.717, 1.165) is 11.4 Å². The van der Waals surface area contributed by atoms with Crippen molar-refractivity contribution in [3.63, 3.8) is 0 Å². The van der Waals surface area contributed by atoms with Crippen LogP contribution in [0, 0.1) is 0 Å². The molecule has 0 aliphatic rings. The van der Waals surface area contributed by atoms with Crippen molar-refractivity contribution in [3.8, 4) is 5.75 Å². The summed E-state index contributed by atoms with van der Waals surface area (Å²) in [6.07, 6.45) is 1.64. The number of hydrogen-bond acceptors (Lipinski definition) is 5. The second-order valence-electron chi connectivity index (χ2n) is 5.04. The van der Waals surface area contributed by atoms with Crippen molar-refractivity contribution in [1.29, 1.82) is 0 Å². The van der Waals surface area contributed by atoms with Crippen LogP contribution in [-0.2, 0) is 0 Å². The third-order valence-corrected chi connectivity index (χ3v) is 3.93. The zero-order valence-electron chi connectivity index (χ0n) is 13.5. The minimum absolute atomic E-state index is 0.431. The lowest BCUT2D eigenvalue weighted by molar-refractivity contribution is 0.342. The smallest absolute Gasteiger partial charge is 0.229 e. The fraction of sp³-hybridized carbons (Fsp3) is 0.111. The van der Waals surface area contributed by atoms with Gasteiger partial charge in [-0.15, -0.1) is 0 Å². The van der Waals surface area contributed by atoms with Gasteiger partial charge in [0.25, 0.3) is 0 Å². The van der Waals surface area contributed by atoms with Crippen molar-refractivity contribution in [3.05, 3.63) is 64.8 Å². The van der Waals surface area contributed by atoms with Crippen LogP contribution in [0.5, 0.6) is 5.75 Å². The molecule has 0 spiro atoms. The molecule has 5 nitrogen and oxygen atoms in total. The van der Waals surface area contributed by atoms with E-state index in [9.17, 15) is 0 Å². The summed E-state index contributed by atoms with van der Waals surface area (Å²) in [4.78, 5) is 8.68. The molecule has 0 amide bonds. The molecule has 25 heavy (non-hydrogen) atoms. The summed E-state index contributed by atoms with van der Waals surface area (Å²) in [6.45, 7) is 2.51. The van der Waals surface area contributed by atoms with Crippen LogP contribution in [0.3, 0.4) is 0 Å². The SMILES string of the molecule is CCOc1ccccc1Nc1nccc(Nc2c(Cl)cccc2Cl)n1. The van der Waals surface area contributed by atoms with Gasteiger partial charge in [-0.2, -0.15) is 4.98 Å². The number of para-hydroxylation sites is 3. The predicted molar refractivity (Wildman–Crippen MR) is 103 cm³/mol. The van der Waals surface area contributed by atoms with Crippen molar-refractivity contribution in [1.82, 2.24) is 9.97 Å². The van der Waals surface area contributed by atoms with Crippen molar-refractivity contribution < 1.29 is 4.74 Å². The maximum absolute atomic E-state index is 6.18. The normalized spacial score (nSPS) is 10.4. The Morgan fingerprint density at radius 1 is 0.960 bits per heavy atom. The molecular formula is C18H16Cl2N4O. The van der Waals surface area contributed by atoms with Gasteiger partial charge >= 0.3 is 0 Å². The number of halogens is 2. The molecule has 0 aliphatic heterocycles. The van der Waals surface area contributed by atoms with E-state index in [1.54, 1.807) is 30.5 Å². The molecule has 0 aliphatic carbocycles. The lowest BCUT2D eigenvalue weighted by atomic mass is 10.3. The molecule has 7 heteroatoms. The average molecular weight is 375 g/mol. The van der Waals surface area contributed by atoms with E-state index in [0.29, 0.717) is 34.1 Å². The summed E-state index contributed by atoms with van der Waals surface area (Å²) in [7, 11) is 0. The molecule has 0 bridgehead atoms. The Hall–Kier alpha value is -2.50. The Kier molecular flexibility index (Phi) is 5.58. The number of ether oxygens (including phenoxy) is 1. The van der Waals surface area contributed by atoms with Crippen LogP contribution in [-0.4, -0.2) is 16.6 Å². The molecule has 0 saturated heterocycles. The number of nitrogens with one attached hydrogen (secondary N) is 2. The average Bonchev–Trinajstić information content (AvgIpc) is 2.61. The van der Waals surface area contributed by atoms with Crippen LogP contribution < -0.4 is 15.4 Å². The number of aromatic nitrogens is 2. The second kappa shape index (κ2) is 8.05. The molecule has 0 saturated carbocycles. The highest BCUT2D eigenvalue weighted by atomic mass is 35.5. The Morgan fingerprint density at radius 2 is 1.72 bits per heavy atom. The van der Waals surface area contributed by atoms with Gasteiger partial charge in [0.15, 0.2) is 0 Å². The van der Waals surface area contributed by atoms with Crippen LogP contribution >= 0.6 is 23.2 Å². The van der Waals surface area contributed by atoms with Crippen molar-refractivity contribution in [2.24, 2.45) is 0 Å². The molecule has 2 aromatic carbocycles. The highest BCUT2D eigenvalue weighted by Gasteiger charge is 2.08. The molecule has 3 rings (SSSR count). The Labute approximate surface area is 156 Å². The largest absolute Gasteiger partial charge is 0.492 e. The summed E-state index contributed by atoms with van der Waals surface area (Å²) in [5, 5.41) is 7.31. The fourth-order valence-electron chi connectivity index (χ4n) is 2.21. The van der Waals surface area contributed by atoms with Crippen LogP contribution in [0.1, 0.15) is 6.92 Å². The van der Waals surface area contributed by atoms with E-state index in [4.69, 9.17) is 27.9 Å². The van der Waals surface area contributed by atoms with Gasteiger partial charge in [0.05, 0.1) is 28.0 Å². The topological polar surface area (TPSA) is 59.1 Å². The maximum atomic E-state index is 6.18. The van der Waals surface area contributed by atoms with Gasteiger partial charge in [-0.3, -0.25) is 0 Å². The minimum Gasteiger partial charge on any atom is -0.492 e. The standard InChI is InChI=1S/C18H16Cl2N4O/c1-2-25-15-9-4-3-8-14(15)22-18-21-11-10-16(24-18)23-17-12(19)6-5-7-13(17)20/h3-11H,2H2,1H3,(H2,21,22,23,24). The molecule has 2 N–H and O–H groups in total. The Bertz CT molecular complexity index is 853. The summed E-state index contributed by atoms with van der Waals surface area (Å²) >= 11 is 12.4. The van der Waals surface area contributed by atoms with Gasteiger partial charge in [0.1, 0.15) is 11.6 Å². The predicted octanol–water partition coefficient (Wildman–Crippen LogP) is 5.67. The molecule has 128 valence electrons. The minimum atomic E-state index is 0.431. The van der Waals surface area contributed by atoms with E-state index in [2.05, 4.69) is 20.6 Å². The summed E-state index contributed by atoms with van der Waals surface area (Å²) in [6, 6.07) is 14.7. The van der Waals surface area contributed by atoms with Crippen molar-refractivity contribution in [2.45, 2.75) is 6.92 Å². The van der Waals surface area contributed by atoms with E-state index >= 15 is 0 Å². The van der Waals surface area contributed by atoms with Crippen LogP contribution in [0.2, 0.25) is 10.0 Å². The monoisotopic (exact) mass is 374 g/mol. The Morgan fingerprint density at radius 3 is 2.48 bits per heavy atom. The highest BCUT2D eigenvalue weighted by Crippen LogP contribution is 2.32. The number of nitrogens with zero attached hydrogens (tertiary/aromatic N) is 2. The maximum Gasteiger partial charge on any atom is 0.229 e. The number of benzene rings is 2. The van der Waals surface area contributed by atoms with Gasteiger partial charge in [0.2, 0.25) is 5.95 Å². The number of hydrogen-bond donors (Lipinski definition) is 2. The molecule has 0 fully saturated rings. The molecule has 0 radical (unpaired) electrons. The Balaban J connectivity index is 1.83. The van der Waals surface area contributed by atoms with Crippen molar-refractivity contribution >= 4 is 46.3 Å². The van der Waals surface area contributed by atoms with E-state index in [1.165, 1.54) is 0 Å². The number of anilines is 4. The first-order chi connectivity index (χ1) is 12.2.